The Balaban J connectivity index is 2.67. The molecule has 2 unspecified atom stereocenters. The molecular formula is C25H38O6S. The number of ether oxygens (including phenoxy) is 1. The number of thioether (sulfide) groups is 1. The van der Waals surface area contributed by atoms with Crippen molar-refractivity contribution in [2.24, 2.45) is 0 Å². The maximum atomic E-state index is 12.5. The van der Waals surface area contributed by atoms with Gasteiger partial charge >= 0.3 is 17.9 Å². The van der Waals surface area contributed by atoms with E-state index in [1.807, 2.05) is 12.1 Å². The van der Waals surface area contributed by atoms with E-state index in [0.717, 1.165) is 36.6 Å². The Bertz CT molecular complexity index is 705. The third kappa shape index (κ3) is 11.0. The molecule has 0 saturated heterocycles. The predicted octanol–water partition coefficient (Wildman–Crippen LogP) is 6.03. The summed E-state index contributed by atoms with van der Waals surface area (Å²) in [5.74, 6) is -3.03. The minimum Gasteiger partial charge on any atom is -0.481 e. The van der Waals surface area contributed by atoms with Crippen molar-refractivity contribution in [3.63, 3.8) is 0 Å². The SMILES string of the molecule is CCCCCCCCCCCCc1ccccc1C(SC(CC(=O)O)C(=O)O)C(=O)OC. The van der Waals surface area contributed by atoms with Crippen LogP contribution >= 0.6 is 11.8 Å². The molecule has 0 fully saturated rings. The number of methoxy groups -OCH3 is 1. The summed E-state index contributed by atoms with van der Waals surface area (Å²) >= 11 is 0.830. The number of unbranched alkanes of at least 4 members (excludes halogenated alkanes) is 9. The molecule has 0 saturated carbocycles. The molecule has 6 nitrogen and oxygen atoms in total. The van der Waals surface area contributed by atoms with Gasteiger partial charge in [0, 0.05) is 0 Å². The van der Waals surface area contributed by atoms with E-state index in [9.17, 15) is 19.5 Å². The molecule has 180 valence electrons. The third-order valence-electron chi connectivity index (χ3n) is 5.49. The van der Waals surface area contributed by atoms with Gasteiger partial charge in [0.2, 0.25) is 0 Å². The van der Waals surface area contributed by atoms with Crippen molar-refractivity contribution in [1.82, 2.24) is 0 Å². The lowest BCUT2D eigenvalue weighted by Gasteiger charge is -2.21. The van der Waals surface area contributed by atoms with Gasteiger partial charge < -0.3 is 14.9 Å². The third-order valence-corrected chi connectivity index (χ3v) is 6.90. The first-order valence-electron chi connectivity index (χ1n) is 11.7. The number of rotatable bonds is 18. The zero-order valence-corrected chi connectivity index (χ0v) is 20.2. The number of carbonyl (C=O) groups is 3. The van der Waals surface area contributed by atoms with Gasteiger partial charge in [-0.3, -0.25) is 14.4 Å². The summed E-state index contributed by atoms with van der Waals surface area (Å²) in [5.41, 5.74) is 1.69. The summed E-state index contributed by atoms with van der Waals surface area (Å²) in [6, 6.07) is 7.47. The molecule has 1 rings (SSSR count). The summed E-state index contributed by atoms with van der Waals surface area (Å²) in [4.78, 5) is 35.1. The van der Waals surface area contributed by atoms with E-state index in [0.29, 0.717) is 5.56 Å². The van der Waals surface area contributed by atoms with Crippen LogP contribution in [0.1, 0.15) is 93.9 Å². The Kier molecular flexibility index (Phi) is 14.5. The van der Waals surface area contributed by atoms with Crippen LogP contribution in [-0.2, 0) is 25.5 Å². The second-order valence-electron chi connectivity index (χ2n) is 8.09. The molecule has 0 aliphatic rings. The van der Waals surface area contributed by atoms with Crippen LogP contribution in [0.5, 0.6) is 0 Å². The lowest BCUT2D eigenvalue weighted by molar-refractivity contribution is -0.143. The molecule has 0 aliphatic carbocycles. The first-order valence-corrected chi connectivity index (χ1v) is 12.6. The number of aliphatic carboxylic acids is 2. The van der Waals surface area contributed by atoms with Gasteiger partial charge in [0.15, 0.2) is 0 Å². The lowest BCUT2D eigenvalue weighted by atomic mass is 9.98. The molecule has 0 heterocycles. The maximum Gasteiger partial charge on any atom is 0.323 e. The maximum absolute atomic E-state index is 12.5. The standard InChI is InChI=1S/C25H38O6S/c1-3-4-5-6-7-8-9-10-11-12-15-19-16-13-14-17-20(19)23(25(30)31-2)32-21(24(28)29)18-22(26)27/h13-14,16-17,21,23H,3-12,15,18H2,1-2H3,(H,26,27)(H,28,29). The van der Waals surface area contributed by atoms with Gasteiger partial charge in [-0.1, -0.05) is 89.0 Å². The fourth-order valence-electron chi connectivity index (χ4n) is 3.70. The number of carbonyl (C=O) groups excluding carboxylic acids is 1. The van der Waals surface area contributed by atoms with Gasteiger partial charge in [0.1, 0.15) is 10.5 Å². The molecule has 0 amide bonds. The van der Waals surface area contributed by atoms with E-state index in [-0.39, 0.29) is 0 Å². The van der Waals surface area contributed by atoms with Crippen molar-refractivity contribution < 1.29 is 29.3 Å². The minimum absolute atomic E-state index is 0.561. The highest BCUT2D eigenvalue weighted by Crippen LogP contribution is 2.37. The van der Waals surface area contributed by atoms with E-state index >= 15 is 0 Å². The van der Waals surface area contributed by atoms with E-state index < -0.39 is 34.8 Å². The summed E-state index contributed by atoms with van der Waals surface area (Å²) in [7, 11) is 1.26. The largest absolute Gasteiger partial charge is 0.481 e. The lowest BCUT2D eigenvalue weighted by Crippen LogP contribution is -2.24. The summed E-state index contributed by atoms with van der Waals surface area (Å²) in [5, 5.41) is 16.3. The van der Waals surface area contributed by atoms with Crippen LogP contribution in [0.15, 0.2) is 24.3 Å². The highest BCUT2D eigenvalue weighted by Gasteiger charge is 2.32. The van der Waals surface area contributed by atoms with Gasteiger partial charge in [0.25, 0.3) is 0 Å². The quantitative estimate of drug-likeness (QED) is 0.201. The number of benzene rings is 1. The zero-order chi connectivity index (χ0) is 23.8. The van der Waals surface area contributed by atoms with Crippen molar-refractivity contribution in [1.29, 1.82) is 0 Å². The number of carboxylic acids is 2. The van der Waals surface area contributed by atoms with Crippen LogP contribution in [-0.4, -0.2) is 40.5 Å². The first kappa shape index (κ1) is 28.0. The van der Waals surface area contributed by atoms with Crippen molar-refractivity contribution in [2.45, 2.75) is 94.5 Å². The Morgan fingerprint density at radius 2 is 1.47 bits per heavy atom. The molecule has 0 radical (unpaired) electrons. The van der Waals surface area contributed by atoms with Crippen LogP contribution in [0.4, 0.5) is 0 Å². The van der Waals surface area contributed by atoms with Crippen molar-refractivity contribution in [3.05, 3.63) is 35.4 Å². The smallest absolute Gasteiger partial charge is 0.323 e. The zero-order valence-electron chi connectivity index (χ0n) is 19.4. The van der Waals surface area contributed by atoms with Gasteiger partial charge in [-0.25, -0.2) is 0 Å². The normalized spacial score (nSPS) is 12.8. The van der Waals surface area contributed by atoms with Gasteiger partial charge in [-0.2, -0.15) is 0 Å². The van der Waals surface area contributed by atoms with Crippen LogP contribution in [0.2, 0.25) is 0 Å². The Hall–Kier alpha value is -2.02. The Labute approximate surface area is 196 Å². The fraction of sp³-hybridized carbons (Fsp3) is 0.640. The molecule has 0 spiro atoms. The van der Waals surface area contributed by atoms with Crippen molar-refractivity contribution in [2.75, 3.05) is 7.11 Å². The van der Waals surface area contributed by atoms with Gasteiger partial charge in [0.05, 0.1) is 13.5 Å². The number of hydrogen-bond acceptors (Lipinski definition) is 5. The predicted molar refractivity (Wildman–Crippen MR) is 128 cm³/mol. The topological polar surface area (TPSA) is 101 Å². The number of hydrogen-bond donors (Lipinski definition) is 2. The van der Waals surface area contributed by atoms with E-state index in [1.54, 1.807) is 12.1 Å². The summed E-state index contributed by atoms with van der Waals surface area (Å²) in [6.07, 6.45) is 12.6. The molecule has 0 aliphatic heterocycles. The molecular weight excluding hydrogens is 428 g/mol. The molecule has 32 heavy (non-hydrogen) atoms. The number of carboxylic acid groups (broad SMARTS) is 2. The molecule has 0 aromatic heterocycles. The summed E-state index contributed by atoms with van der Waals surface area (Å²) in [6.45, 7) is 2.23. The molecule has 2 atom stereocenters. The minimum atomic E-state index is -1.25. The number of aryl methyl sites for hydroxylation is 1. The van der Waals surface area contributed by atoms with Crippen molar-refractivity contribution >= 4 is 29.7 Å². The average molecular weight is 467 g/mol. The second-order valence-corrected chi connectivity index (χ2v) is 9.41. The van der Waals surface area contributed by atoms with Gasteiger partial charge in [-0.05, 0) is 24.0 Å². The average Bonchev–Trinajstić information content (AvgIpc) is 2.77. The fourth-order valence-corrected chi connectivity index (χ4v) is 4.97. The van der Waals surface area contributed by atoms with Crippen molar-refractivity contribution in [3.8, 4) is 0 Å². The van der Waals surface area contributed by atoms with E-state index in [2.05, 4.69) is 6.92 Å². The highest BCUT2D eigenvalue weighted by atomic mass is 32.2. The van der Waals surface area contributed by atoms with Crippen LogP contribution in [0.25, 0.3) is 0 Å². The van der Waals surface area contributed by atoms with Crippen LogP contribution in [0.3, 0.4) is 0 Å². The van der Waals surface area contributed by atoms with E-state index in [1.165, 1.54) is 58.5 Å². The number of esters is 1. The molecule has 1 aromatic rings. The summed E-state index contributed by atoms with van der Waals surface area (Å²) < 4.78 is 4.91. The second kappa shape index (κ2) is 16.6. The molecule has 7 heteroatoms. The molecule has 1 aromatic carbocycles. The monoisotopic (exact) mass is 466 g/mol. The Morgan fingerprint density at radius 3 is 2.00 bits per heavy atom. The van der Waals surface area contributed by atoms with Crippen LogP contribution < -0.4 is 0 Å². The first-order chi connectivity index (χ1) is 15.4. The van der Waals surface area contributed by atoms with Gasteiger partial charge in [-0.15, -0.1) is 11.8 Å². The highest BCUT2D eigenvalue weighted by molar-refractivity contribution is 8.01. The molecule has 2 N–H and O–H groups in total. The van der Waals surface area contributed by atoms with Crippen LogP contribution in [0, 0.1) is 0 Å². The Morgan fingerprint density at radius 1 is 0.906 bits per heavy atom. The molecule has 0 bridgehead atoms. The van der Waals surface area contributed by atoms with E-state index in [4.69, 9.17) is 9.84 Å².